The molecule has 2 aliphatic rings. The third-order valence-corrected chi connectivity index (χ3v) is 4.06. The van der Waals surface area contributed by atoms with E-state index < -0.39 is 0 Å². The summed E-state index contributed by atoms with van der Waals surface area (Å²) < 4.78 is 0. The van der Waals surface area contributed by atoms with Crippen molar-refractivity contribution >= 4 is 0 Å². The Morgan fingerprint density at radius 2 is 1.92 bits per heavy atom. The average Bonchev–Trinajstić information content (AvgIpc) is 2.64. The highest BCUT2D eigenvalue weighted by molar-refractivity contribution is 4.99. The van der Waals surface area contributed by atoms with Crippen molar-refractivity contribution in [2.24, 2.45) is 11.3 Å². The molecular weight excluding hydrogens is 158 g/mol. The molecule has 0 aromatic carbocycles. The van der Waals surface area contributed by atoms with Crippen molar-refractivity contribution < 1.29 is 0 Å². The molecule has 1 saturated carbocycles. The van der Waals surface area contributed by atoms with Gasteiger partial charge in [-0.3, -0.25) is 0 Å². The Hall–Kier alpha value is -0.0400. The smallest absolute Gasteiger partial charge is 0.0126 e. The topological polar surface area (TPSA) is 12.0 Å². The van der Waals surface area contributed by atoms with Gasteiger partial charge in [0, 0.05) is 6.04 Å². The standard InChI is InChI=1S/C12H23N/c1-10(2)9-11-12(7-8-13-11)5-3-4-6-12/h10-11,13H,3-9H2,1-2H3. The molecule has 13 heavy (non-hydrogen) atoms. The monoisotopic (exact) mass is 181 g/mol. The second kappa shape index (κ2) is 3.61. The molecule has 0 aromatic rings. The first-order valence-corrected chi connectivity index (χ1v) is 5.96. The molecule has 1 aliphatic carbocycles. The SMILES string of the molecule is CC(C)CC1NCCC12CCCC2. The molecule has 2 rings (SSSR count). The fraction of sp³-hybridized carbons (Fsp3) is 1.00. The molecule has 76 valence electrons. The molecule has 1 spiro atoms. The Morgan fingerprint density at radius 3 is 2.54 bits per heavy atom. The van der Waals surface area contributed by atoms with E-state index in [1.54, 1.807) is 0 Å². The van der Waals surface area contributed by atoms with E-state index in [2.05, 4.69) is 19.2 Å². The van der Waals surface area contributed by atoms with E-state index >= 15 is 0 Å². The van der Waals surface area contributed by atoms with Crippen LogP contribution >= 0.6 is 0 Å². The Bertz CT molecular complexity index is 162. The van der Waals surface area contributed by atoms with Crippen molar-refractivity contribution in [1.82, 2.24) is 5.32 Å². The maximum absolute atomic E-state index is 3.72. The maximum atomic E-state index is 3.72. The molecule has 1 heteroatoms. The van der Waals surface area contributed by atoms with Gasteiger partial charge in [-0.15, -0.1) is 0 Å². The van der Waals surface area contributed by atoms with E-state index in [1.165, 1.54) is 45.1 Å². The van der Waals surface area contributed by atoms with Crippen LogP contribution in [0, 0.1) is 11.3 Å². The zero-order valence-corrected chi connectivity index (χ0v) is 9.10. The number of hydrogen-bond acceptors (Lipinski definition) is 1. The molecule has 1 atom stereocenters. The molecule has 1 heterocycles. The molecular formula is C12H23N. The molecule has 1 saturated heterocycles. The van der Waals surface area contributed by atoms with Crippen LogP contribution in [0.3, 0.4) is 0 Å². The van der Waals surface area contributed by atoms with Gasteiger partial charge in [0.25, 0.3) is 0 Å². The lowest BCUT2D eigenvalue weighted by Crippen LogP contribution is -2.35. The third kappa shape index (κ3) is 1.76. The molecule has 0 aromatic heterocycles. The quantitative estimate of drug-likeness (QED) is 0.690. The predicted molar refractivity (Wildman–Crippen MR) is 56.8 cm³/mol. The second-order valence-corrected chi connectivity index (χ2v) is 5.46. The van der Waals surface area contributed by atoms with Gasteiger partial charge in [0.15, 0.2) is 0 Å². The van der Waals surface area contributed by atoms with E-state index in [9.17, 15) is 0 Å². The first kappa shape index (κ1) is 9.51. The van der Waals surface area contributed by atoms with Gasteiger partial charge in [-0.1, -0.05) is 26.7 Å². The van der Waals surface area contributed by atoms with Crippen LogP contribution in [0.15, 0.2) is 0 Å². The van der Waals surface area contributed by atoms with E-state index in [0.29, 0.717) is 0 Å². The van der Waals surface area contributed by atoms with Crippen molar-refractivity contribution in [2.75, 3.05) is 6.54 Å². The van der Waals surface area contributed by atoms with Crippen LogP contribution in [-0.2, 0) is 0 Å². The fourth-order valence-corrected chi connectivity index (χ4v) is 3.37. The minimum Gasteiger partial charge on any atom is -0.313 e. The van der Waals surface area contributed by atoms with Crippen molar-refractivity contribution in [2.45, 2.75) is 58.4 Å². The Balaban J connectivity index is 2.00. The van der Waals surface area contributed by atoms with Crippen molar-refractivity contribution in [3.63, 3.8) is 0 Å². The molecule has 0 bridgehead atoms. The third-order valence-electron chi connectivity index (χ3n) is 4.06. The molecule has 0 radical (unpaired) electrons. The summed E-state index contributed by atoms with van der Waals surface area (Å²) in [6.45, 7) is 5.97. The minimum absolute atomic E-state index is 0.726. The zero-order valence-electron chi connectivity index (χ0n) is 9.10. The molecule has 1 aliphatic heterocycles. The molecule has 1 nitrogen and oxygen atoms in total. The summed E-state index contributed by atoms with van der Waals surface area (Å²) in [4.78, 5) is 0. The van der Waals surface area contributed by atoms with E-state index in [4.69, 9.17) is 0 Å². The number of hydrogen-bond donors (Lipinski definition) is 1. The Morgan fingerprint density at radius 1 is 1.23 bits per heavy atom. The molecule has 1 N–H and O–H groups in total. The van der Waals surface area contributed by atoms with Gasteiger partial charge in [0.2, 0.25) is 0 Å². The van der Waals surface area contributed by atoms with Gasteiger partial charge < -0.3 is 5.32 Å². The van der Waals surface area contributed by atoms with Crippen LogP contribution in [0.25, 0.3) is 0 Å². The highest BCUT2D eigenvalue weighted by Crippen LogP contribution is 2.47. The highest BCUT2D eigenvalue weighted by Gasteiger charge is 2.44. The zero-order chi connectivity index (χ0) is 9.31. The average molecular weight is 181 g/mol. The second-order valence-electron chi connectivity index (χ2n) is 5.46. The summed E-state index contributed by atoms with van der Waals surface area (Å²) in [7, 11) is 0. The van der Waals surface area contributed by atoms with Crippen LogP contribution in [-0.4, -0.2) is 12.6 Å². The summed E-state index contributed by atoms with van der Waals surface area (Å²) >= 11 is 0. The van der Waals surface area contributed by atoms with E-state index in [1.807, 2.05) is 0 Å². The van der Waals surface area contributed by atoms with Crippen molar-refractivity contribution in [3.05, 3.63) is 0 Å². The van der Waals surface area contributed by atoms with Gasteiger partial charge >= 0.3 is 0 Å². The summed E-state index contributed by atoms with van der Waals surface area (Å²) in [6.07, 6.45) is 8.80. The van der Waals surface area contributed by atoms with Gasteiger partial charge in [0.1, 0.15) is 0 Å². The van der Waals surface area contributed by atoms with Crippen molar-refractivity contribution in [3.8, 4) is 0 Å². The summed E-state index contributed by atoms with van der Waals surface area (Å²) in [6, 6.07) is 0.843. The summed E-state index contributed by atoms with van der Waals surface area (Å²) in [5.41, 5.74) is 0.726. The van der Waals surface area contributed by atoms with Crippen LogP contribution in [0.1, 0.15) is 52.4 Å². The lowest BCUT2D eigenvalue weighted by atomic mass is 9.76. The first-order chi connectivity index (χ1) is 6.23. The number of rotatable bonds is 2. The van der Waals surface area contributed by atoms with Gasteiger partial charge in [0.05, 0.1) is 0 Å². The maximum Gasteiger partial charge on any atom is 0.0126 e. The lowest BCUT2D eigenvalue weighted by Gasteiger charge is -2.31. The summed E-state index contributed by atoms with van der Waals surface area (Å²) in [5.74, 6) is 0.855. The molecule has 0 amide bonds. The number of nitrogens with one attached hydrogen (secondary N) is 1. The molecule has 2 fully saturated rings. The minimum atomic E-state index is 0.726. The van der Waals surface area contributed by atoms with E-state index in [0.717, 1.165) is 17.4 Å². The van der Waals surface area contributed by atoms with Crippen LogP contribution in [0.2, 0.25) is 0 Å². The van der Waals surface area contributed by atoms with Crippen molar-refractivity contribution in [1.29, 1.82) is 0 Å². The van der Waals surface area contributed by atoms with Crippen LogP contribution in [0.4, 0.5) is 0 Å². The summed E-state index contributed by atoms with van der Waals surface area (Å²) in [5, 5.41) is 3.72. The first-order valence-electron chi connectivity index (χ1n) is 5.96. The predicted octanol–water partition coefficient (Wildman–Crippen LogP) is 2.95. The Labute approximate surface area is 82.3 Å². The van der Waals surface area contributed by atoms with Gasteiger partial charge in [-0.05, 0) is 43.6 Å². The van der Waals surface area contributed by atoms with Crippen LogP contribution in [0.5, 0.6) is 0 Å². The van der Waals surface area contributed by atoms with Gasteiger partial charge in [-0.25, -0.2) is 0 Å². The van der Waals surface area contributed by atoms with E-state index in [-0.39, 0.29) is 0 Å². The van der Waals surface area contributed by atoms with Gasteiger partial charge in [-0.2, -0.15) is 0 Å². The normalized spacial score (nSPS) is 32.1. The lowest BCUT2D eigenvalue weighted by molar-refractivity contribution is 0.228. The largest absolute Gasteiger partial charge is 0.313 e. The fourth-order valence-electron chi connectivity index (χ4n) is 3.37. The van der Waals surface area contributed by atoms with Crippen LogP contribution < -0.4 is 5.32 Å². The highest BCUT2D eigenvalue weighted by atomic mass is 15.0. The Kier molecular flexibility index (Phi) is 2.64. The molecule has 1 unspecified atom stereocenters.